The van der Waals surface area contributed by atoms with Crippen LogP contribution in [0.2, 0.25) is 0 Å². The molecule has 1 aliphatic heterocycles. The summed E-state index contributed by atoms with van der Waals surface area (Å²) in [6.45, 7) is 10.1. The van der Waals surface area contributed by atoms with Gasteiger partial charge in [0.25, 0.3) is 5.69 Å². The molecule has 2 N–H and O–H groups in total. The number of carbonyl (C=O) groups excluding carboxylic acids is 1. The second-order valence-electron chi connectivity index (χ2n) is 8.86. The van der Waals surface area contributed by atoms with Crippen LogP contribution in [0.5, 0.6) is 0 Å². The Balaban J connectivity index is 2.25. The van der Waals surface area contributed by atoms with Gasteiger partial charge >= 0.3 is 0 Å². The largest absolute Gasteiger partial charge is 0.371 e. The standard InChI is InChI=1S/C19H30N4O5S/c1-13-8-14(2)12-22(11-13)29(27,28)15-6-7-16(17(9-15)23(25)26)20-10-18(24)21-19(3,4)5/h6-7,9,13-14,20H,8,10-12H2,1-5H3,(H,21,24)/t13-,14+. The number of anilines is 1. The number of nitro benzene ring substituents is 1. The van der Waals surface area contributed by atoms with Crippen molar-refractivity contribution in [2.75, 3.05) is 25.0 Å². The van der Waals surface area contributed by atoms with Gasteiger partial charge in [0.05, 0.1) is 16.4 Å². The molecule has 10 heteroatoms. The predicted octanol–water partition coefficient (Wildman–Crippen LogP) is 2.59. The Labute approximate surface area is 172 Å². The molecule has 1 fully saturated rings. The lowest BCUT2D eigenvalue weighted by Gasteiger charge is -2.34. The number of hydrogen-bond acceptors (Lipinski definition) is 6. The van der Waals surface area contributed by atoms with Crippen LogP contribution < -0.4 is 10.6 Å². The van der Waals surface area contributed by atoms with E-state index in [2.05, 4.69) is 10.6 Å². The average molecular weight is 427 g/mol. The predicted molar refractivity (Wildman–Crippen MR) is 111 cm³/mol. The Morgan fingerprint density at radius 2 is 1.83 bits per heavy atom. The molecule has 0 spiro atoms. The van der Waals surface area contributed by atoms with Crippen LogP contribution in [0.15, 0.2) is 23.1 Å². The van der Waals surface area contributed by atoms with E-state index < -0.39 is 20.5 Å². The van der Waals surface area contributed by atoms with Gasteiger partial charge in [-0.15, -0.1) is 0 Å². The van der Waals surface area contributed by atoms with Gasteiger partial charge < -0.3 is 10.6 Å². The van der Waals surface area contributed by atoms with Gasteiger partial charge in [-0.2, -0.15) is 4.31 Å². The van der Waals surface area contributed by atoms with E-state index in [0.29, 0.717) is 13.1 Å². The van der Waals surface area contributed by atoms with Crippen LogP contribution >= 0.6 is 0 Å². The molecule has 0 saturated carbocycles. The van der Waals surface area contributed by atoms with Crippen LogP contribution in [0.3, 0.4) is 0 Å². The fourth-order valence-electron chi connectivity index (χ4n) is 3.56. The molecule has 1 heterocycles. The molecule has 0 aromatic heterocycles. The highest BCUT2D eigenvalue weighted by molar-refractivity contribution is 7.89. The lowest BCUT2D eigenvalue weighted by atomic mass is 9.94. The van der Waals surface area contributed by atoms with Crippen molar-refractivity contribution in [2.45, 2.75) is 51.5 Å². The molecule has 1 aromatic carbocycles. The molecule has 2 rings (SSSR count). The maximum Gasteiger partial charge on any atom is 0.293 e. The Morgan fingerprint density at radius 3 is 2.34 bits per heavy atom. The number of hydrogen-bond donors (Lipinski definition) is 2. The lowest BCUT2D eigenvalue weighted by Crippen LogP contribution is -2.43. The minimum atomic E-state index is -3.83. The summed E-state index contributed by atoms with van der Waals surface area (Å²) in [6, 6.07) is 3.74. The summed E-state index contributed by atoms with van der Waals surface area (Å²) < 4.78 is 27.4. The fraction of sp³-hybridized carbons (Fsp3) is 0.632. The summed E-state index contributed by atoms with van der Waals surface area (Å²) in [5.41, 5.74) is -0.711. The summed E-state index contributed by atoms with van der Waals surface area (Å²) in [5, 5.41) is 17.0. The maximum absolute atomic E-state index is 13.0. The third kappa shape index (κ3) is 6.14. The number of nitrogens with one attached hydrogen (secondary N) is 2. The van der Waals surface area contributed by atoms with E-state index in [0.717, 1.165) is 12.5 Å². The van der Waals surface area contributed by atoms with Crippen LogP contribution in [0.4, 0.5) is 11.4 Å². The van der Waals surface area contributed by atoms with Crippen LogP contribution in [-0.2, 0) is 14.8 Å². The molecular weight excluding hydrogens is 396 g/mol. The van der Waals surface area contributed by atoms with Gasteiger partial charge in [-0.05, 0) is 51.2 Å². The summed E-state index contributed by atoms with van der Waals surface area (Å²) >= 11 is 0. The van der Waals surface area contributed by atoms with Crippen LogP contribution in [0.25, 0.3) is 0 Å². The highest BCUT2D eigenvalue weighted by atomic mass is 32.2. The molecule has 29 heavy (non-hydrogen) atoms. The fourth-order valence-corrected chi connectivity index (χ4v) is 5.26. The first-order valence-electron chi connectivity index (χ1n) is 9.63. The highest BCUT2D eigenvalue weighted by Crippen LogP contribution is 2.31. The Hall–Kier alpha value is -2.20. The van der Waals surface area contributed by atoms with E-state index in [1.54, 1.807) is 0 Å². The average Bonchev–Trinajstić information content (AvgIpc) is 2.57. The number of nitro groups is 1. The molecule has 1 amide bonds. The van der Waals surface area contributed by atoms with Gasteiger partial charge in [0, 0.05) is 24.7 Å². The second-order valence-corrected chi connectivity index (χ2v) is 10.8. The number of rotatable bonds is 6. The van der Waals surface area contributed by atoms with Crippen molar-refractivity contribution in [3.8, 4) is 0 Å². The van der Waals surface area contributed by atoms with Crippen molar-refractivity contribution in [3.63, 3.8) is 0 Å². The number of benzene rings is 1. The van der Waals surface area contributed by atoms with Crippen molar-refractivity contribution < 1.29 is 18.1 Å². The first kappa shape index (κ1) is 23.1. The van der Waals surface area contributed by atoms with E-state index in [4.69, 9.17) is 0 Å². The third-order valence-electron chi connectivity index (χ3n) is 4.59. The Morgan fingerprint density at radius 1 is 1.24 bits per heavy atom. The number of amides is 1. The zero-order chi connectivity index (χ0) is 22.0. The van der Waals surface area contributed by atoms with Crippen molar-refractivity contribution >= 4 is 27.3 Å². The van der Waals surface area contributed by atoms with Gasteiger partial charge in [0.1, 0.15) is 5.69 Å². The molecule has 9 nitrogen and oxygen atoms in total. The molecule has 2 atom stereocenters. The molecule has 162 valence electrons. The number of sulfonamides is 1. The van der Waals surface area contributed by atoms with Crippen LogP contribution in [0.1, 0.15) is 41.0 Å². The Kier molecular flexibility index (Phi) is 6.89. The normalized spacial score (nSPS) is 20.9. The van der Waals surface area contributed by atoms with Gasteiger partial charge in [-0.1, -0.05) is 13.8 Å². The van der Waals surface area contributed by atoms with Crippen LogP contribution in [-0.4, -0.2) is 48.7 Å². The summed E-state index contributed by atoms with van der Waals surface area (Å²) in [5.74, 6) is 0.136. The molecule has 1 saturated heterocycles. The van der Waals surface area contributed by atoms with Gasteiger partial charge in [-0.25, -0.2) is 8.42 Å². The molecule has 1 aromatic rings. The zero-order valence-electron chi connectivity index (χ0n) is 17.6. The van der Waals surface area contributed by atoms with Crippen molar-refractivity contribution in [2.24, 2.45) is 11.8 Å². The van der Waals surface area contributed by atoms with Crippen molar-refractivity contribution in [1.82, 2.24) is 9.62 Å². The van der Waals surface area contributed by atoms with Gasteiger partial charge in [0.2, 0.25) is 15.9 Å². The Bertz CT molecular complexity index is 869. The highest BCUT2D eigenvalue weighted by Gasteiger charge is 2.33. The second kappa shape index (κ2) is 8.66. The summed E-state index contributed by atoms with van der Waals surface area (Å²) in [7, 11) is -3.83. The van der Waals surface area contributed by atoms with Crippen molar-refractivity contribution in [3.05, 3.63) is 28.3 Å². The van der Waals surface area contributed by atoms with E-state index in [-0.39, 0.29) is 40.6 Å². The molecule has 0 aliphatic carbocycles. The molecule has 0 radical (unpaired) electrons. The number of nitrogens with zero attached hydrogens (tertiary/aromatic N) is 2. The van der Waals surface area contributed by atoms with E-state index in [9.17, 15) is 23.3 Å². The zero-order valence-corrected chi connectivity index (χ0v) is 18.4. The summed E-state index contributed by atoms with van der Waals surface area (Å²) in [4.78, 5) is 22.7. The molecular formula is C19H30N4O5S. The minimum absolute atomic E-state index is 0.0957. The SMILES string of the molecule is C[C@@H]1C[C@H](C)CN(S(=O)(=O)c2ccc(NCC(=O)NC(C)(C)C)c([N+](=O)[O-])c2)C1. The van der Waals surface area contributed by atoms with Gasteiger partial charge in [-0.3, -0.25) is 14.9 Å². The van der Waals surface area contributed by atoms with E-state index in [1.165, 1.54) is 16.4 Å². The number of piperidine rings is 1. The third-order valence-corrected chi connectivity index (χ3v) is 6.42. The van der Waals surface area contributed by atoms with E-state index in [1.807, 2.05) is 34.6 Å². The van der Waals surface area contributed by atoms with Gasteiger partial charge in [0.15, 0.2) is 0 Å². The first-order valence-corrected chi connectivity index (χ1v) is 11.1. The van der Waals surface area contributed by atoms with E-state index >= 15 is 0 Å². The topological polar surface area (TPSA) is 122 Å². The molecule has 0 bridgehead atoms. The van der Waals surface area contributed by atoms with Crippen molar-refractivity contribution in [1.29, 1.82) is 0 Å². The van der Waals surface area contributed by atoms with Crippen LogP contribution in [0, 0.1) is 22.0 Å². The maximum atomic E-state index is 13.0. The molecule has 0 unspecified atom stereocenters. The smallest absolute Gasteiger partial charge is 0.293 e. The number of carbonyl (C=O) groups is 1. The first-order chi connectivity index (χ1) is 13.3. The lowest BCUT2D eigenvalue weighted by molar-refractivity contribution is -0.384. The minimum Gasteiger partial charge on any atom is -0.371 e. The monoisotopic (exact) mass is 426 g/mol. The summed E-state index contributed by atoms with van der Waals surface area (Å²) in [6.07, 6.45) is 0.950. The quantitative estimate of drug-likeness (QED) is 0.533. The molecule has 1 aliphatic rings.